The third-order valence-corrected chi connectivity index (χ3v) is 6.13. The number of aromatic nitrogens is 3. The Labute approximate surface area is 202 Å². The van der Waals surface area contributed by atoms with E-state index in [0.717, 1.165) is 17.0 Å². The van der Waals surface area contributed by atoms with Crippen molar-refractivity contribution in [3.05, 3.63) is 107 Å². The number of carbonyl (C=O) groups is 2. The van der Waals surface area contributed by atoms with Gasteiger partial charge in [0, 0.05) is 6.54 Å². The Morgan fingerprint density at radius 1 is 0.853 bits per heavy atom. The Bertz CT molecular complexity index is 1260. The summed E-state index contributed by atoms with van der Waals surface area (Å²) in [5, 5.41) is 14.8. The van der Waals surface area contributed by atoms with Crippen molar-refractivity contribution in [2.24, 2.45) is 0 Å². The lowest BCUT2D eigenvalue weighted by Gasteiger charge is -2.12. The van der Waals surface area contributed by atoms with Crippen LogP contribution in [0.3, 0.4) is 0 Å². The second-order valence-electron chi connectivity index (χ2n) is 7.65. The largest absolute Gasteiger partial charge is 0.348 e. The van der Waals surface area contributed by atoms with E-state index < -0.39 is 0 Å². The van der Waals surface area contributed by atoms with Gasteiger partial charge in [-0.3, -0.25) is 9.59 Å². The van der Waals surface area contributed by atoms with Crippen LogP contribution in [-0.4, -0.2) is 32.3 Å². The van der Waals surface area contributed by atoms with Gasteiger partial charge in [-0.1, -0.05) is 84.6 Å². The lowest BCUT2D eigenvalue weighted by molar-refractivity contribution is -0.113. The molecule has 0 unspecified atom stereocenters. The van der Waals surface area contributed by atoms with Crippen molar-refractivity contribution in [3.8, 4) is 0 Å². The minimum Gasteiger partial charge on any atom is -0.348 e. The normalized spacial score (nSPS) is 10.6. The lowest BCUT2D eigenvalue weighted by Crippen LogP contribution is -2.25. The molecule has 0 saturated heterocycles. The summed E-state index contributed by atoms with van der Waals surface area (Å²) in [5.41, 5.74) is 3.02. The van der Waals surface area contributed by atoms with Gasteiger partial charge in [0.1, 0.15) is 5.82 Å². The predicted molar refractivity (Wildman–Crippen MR) is 134 cm³/mol. The maximum atomic E-state index is 12.7. The monoisotopic (exact) mass is 471 g/mol. The zero-order chi connectivity index (χ0) is 23.8. The topological polar surface area (TPSA) is 88.9 Å². The van der Waals surface area contributed by atoms with E-state index in [1.54, 1.807) is 24.3 Å². The maximum Gasteiger partial charge on any atom is 0.253 e. The maximum absolute atomic E-state index is 12.7. The lowest BCUT2D eigenvalue weighted by atomic mass is 10.1. The third-order valence-electron chi connectivity index (χ3n) is 5.16. The Morgan fingerprint density at radius 2 is 1.50 bits per heavy atom. The molecule has 0 spiro atoms. The number of carbonyl (C=O) groups excluding carboxylic acids is 2. The van der Waals surface area contributed by atoms with E-state index in [9.17, 15) is 9.59 Å². The molecule has 7 nitrogen and oxygen atoms in total. The second kappa shape index (κ2) is 11.3. The van der Waals surface area contributed by atoms with Crippen LogP contribution in [0.15, 0.2) is 90.1 Å². The molecule has 0 aliphatic carbocycles. The van der Waals surface area contributed by atoms with Crippen LogP contribution in [0.4, 0.5) is 5.69 Å². The van der Waals surface area contributed by atoms with Gasteiger partial charge in [-0.05, 0) is 30.2 Å². The number of aryl methyl sites for hydroxylation is 1. The Kier molecular flexibility index (Phi) is 7.72. The van der Waals surface area contributed by atoms with Gasteiger partial charge in [0.05, 0.1) is 23.5 Å². The smallest absolute Gasteiger partial charge is 0.253 e. The first-order chi connectivity index (χ1) is 16.6. The second-order valence-corrected chi connectivity index (χ2v) is 8.59. The first kappa shape index (κ1) is 23.3. The number of hydrogen-bond donors (Lipinski definition) is 2. The van der Waals surface area contributed by atoms with Crippen molar-refractivity contribution in [2.45, 2.75) is 25.2 Å². The zero-order valence-corrected chi connectivity index (χ0v) is 19.6. The molecule has 0 aliphatic heterocycles. The Hall–Kier alpha value is -3.91. The number of rotatable bonds is 9. The fourth-order valence-electron chi connectivity index (χ4n) is 3.40. The highest BCUT2D eigenvalue weighted by Gasteiger charge is 2.15. The molecule has 2 amide bonds. The van der Waals surface area contributed by atoms with E-state index in [-0.39, 0.29) is 17.6 Å². The van der Waals surface area contributed by atoms with Crippen molar-refractivity contribution >= 4 is 29.3 Å². The van der Waals surface area contributed by atoms with E-state index in [2.05, 4.69) is 20.8 Å². The quantitative estimate of drug-likeness (QED) is 0.356. The molecule has 34 heavy (non-hydrogen) atoms. The van der Waals surface area contributed by atoms with Gasteiger partial charge < -0.3 is 15.2 Å². The highest BCUT2D eigenvalue weighted by atomic mass is 32.2. The van der Waals surface area contributed by atoms with Crippen molar-refractivity contribution in [2.75, 3.05) is 11.1 Å². The molecule has 0 radical (unpaired) electrons. The number of nitrogens with one attached hydrogen (secondary N) is 2. The van der Waals surface area contributed by atoms with Gasteiger partial charge in [-0.25, -0.2) is 0 Å². The number of anilines is 1. The van der Waals surface area contributed by atoms with Gasteiger partial charge in [-0.2, -0.15) is 0 Å². The molecule has 1 heterocycles. The van der Waals surface area contributed by atoms with Crippen LogP contribution in [0.2, 0.25) is 0 Å². The van der Waals surface area contributed by atoms with Crippen molar-refractivity contribution in [1.82, 2.24) is 20.1 Å². The third kappa shape index (κ3) is 6.11. The Morgan fingerprint density at radius 3 is 2.24 bits per heavy atom. The SMILES string of the molecule is Cc1nnc(SCC(=O)Nc2ccccc2C(=O)NCc2ccccc2)n1Cc1ccccc1. The molecule has 4 rings (SSSR count). The highest BCUT2D eigenvalue weighted by molar-refractivity contribution is 7.99. The number of amides is 2. The summed E-state index contributed by atoms with van der Waals surface area (Å²) in [6.07, 6.45) is 0. The van der Waals surface area contributed by atoms with Crippen molar-refractivity contribution < 1.29 is 9.59 Å². The number of hydrogen-bond acceptors (Lipinski definition) is 5. The van der Waals surface area contributed by atoms with Gasteiger partial charge in [0.25, 0.3) is 5.91 Å². The predicted octanol–water partition coefficient (Wildman–Crippen LogP) is 4.30. The summed E-state index contributed by atoms with van der Waals surface area (Å²) >= 11 is 1.31. The first-order valence-electron chi connectivity index (χ1n) is 10.9. The summed E-state index contributed by atoms with van der Waals surface area (Å²) in [6, 6.07) is 26.7. The molecule has 2 N–H and O–H groups in total. The van der Waals surface area contributed by atoms with E-state index in [0.29, 0.717) is 29.5 Å². The van der Waals surface area contributed by atoms with Crippen molar-refractivity contribution in [3.63, 3.8) is 0 Å². The summed E-state index contributed by atoms with van der Waals surface area (Å²) < 4.78 is 1.98. The van der Waals surface area contributed by atoms with Gasteiger partial charge in [0.2, 0.25) is 5.91 Å². The minimum atomic E-state index is -0.245. The fourth-order valence-corrected chi connectivity index (χ4v) is 4.18. The van der Waals surface area contributed by atoms with E-state index in [1.807, 2.05) is 72.2 Å². The van der Waals surface area contributed by atoms with Crippen LogP contribution in [-0.2, 0) is 17.9 Å². The van der Waals surface area contributed by atoms with Gasteiger partial charge in [-0.15, -0.1) is 10.2 Å². The van der Waals surface area contributed by atoms with E-state index >= 15 is 0 Å². The molecule has 1 aromatic heterocycles. The van der Waals surface area contributed by atoms with Crippen LogP contribution < -0.4 is 10.6 Å². The number of para-hydroxylation sites is 1. The Balaban J connectivity index is 1.37. The van der Waals surface area contributed by atoms with Crippen LogP contribution in [0.5, 0.6) is 0 Å². The van der Waals surface area contributed by atoms with E-state index in [1.165, 1.54) is 11.8 Å². The van der Waals surface area contributed by atoms with Crippen LogP contribution in [0.25, 0.3) is 0 Å². The molecule has 0 bridgehead atoms. The van der Waals surface area contributed by atoms with Crippen LogP contribution in [0.1, 0.15) is 27.3 Å². The molecule has 172 valence electrons. The molecule has 0 saturated carbocycles. The summed E-state index contributed by atoms with van der Waals surface area (Å²) in [7, 11) is 0. The number of nitrogens with zero attached hydrogens (tertiary/aromatic N) is 3. The first-order valence-corrected chi connectivity index (χ1v) is 11.9. The molecule has 0 aliphatic rings. The van der Waals surface area contributed by atoms with Crippen LogP contribution in [0, 0.1) is 6.92 Å². The molecule has 8 heteroatoms. The minimum absolute atomic E-state index is 0.146. The average Bonchev–Trinajstić information content (AvgIpc) is 3.21. The highest BCUT2D eigenvalue weighted by Crippen LogP contribution is 2.20. The van der Waals surface area contributed by atoms with Gasteiger partial charge in [0.15, 0.2) is 5.16 Å². The molecule has 3 aromatic carbocycles. The average molecular weight is 472 g/mol. The zero-order valence-electron chi connectivity index (χ0n) is 18.8. The molecular weight excluding hydrogens is 446 g/mol. The van der Waals surface area contributed by atoms with Crippen molar-refractivity contribution in [1.29, 1.82) is 0 Å². The fraction of sp³-hybridized carbons (Fsp3) is 0.154. The summed E-state index contributed by atoms with van der Waals surface area (Å²) in [6.45, 7) is 2.94. The molecular formula is C26H25N5O2S. The number of thioether (sulfide) groups is 1. The van der Waals surface area contributed by atoms with Gasteiger partial charge >= 0.3 is 0 Å². The van der Waals surface area contributed by atoms with E-state index in [4.69, 9.17) is 0 Å². The van der Waals surface area contributed by atoms with Crippen LogP contribution >= 0.6 is 11.8 Å². The standard InChI is InChI=1S/C26H25N5O2S/c1-19-29-30-26(31(19)17-21-12-6-3-7-13-21)34-18-24(32)28-23-15-9-8-14-22(23)25(33)27-16-20-10-4-2-5-11-20/h2-15H,16-18H2,1H3,(H,27,33)(H,28,32). The molecule has 4 aromatic rings. The molecule has 0 fully saturated rings. The summed E-state index contributed by atoms with van der Waals surface area (Å²) in [5.74, 6) is 0.463. The molecule has 0 atom stereocenters. The number of benzene rings is 3. The summed E-state index contributed by atoms with van der Waals surface area (Å²) in [4.78, 5) is 25.4.